The van der Waals surface area contributed by atoms with E-state index in [2.05, 4.69) is 43.1 Å². The molecule has 0 unspecified atom stereocenters. The van der Waals surface area contributed by atoms with Gasteiger partial charge in [0, 0.05) is 11.7 Å². The summed E-state index contributed by atoms with van der Waals surface area (Å²) in [5.74, 6) is 0. The lowest BCUT2D eigenvalue weighted by molar-refractivity contribution is 0.343. The maximum atomic E-state index is 12.4. The maximum absolute atomic E-state index is 12.4. The molecule has 1 heterocycles. The van der Waals surface area contributed by atoms with Crippen LogP contribution in [0.5, 0.6) is 0 Å². The number of nitrogens with zero attached hydrogens (tertiary/aromatic N) is 1. The molecule has 1 fully saturated rings. The Hall–Kier alpha value is -1.77. The number of unbranched alkanes of at least 4 members (excludes halogenated alkanes) is 1. The predicted octanol–water partition coefficient (Wildman–Crippen LogP) is 5.00. The van der Waals surface area contributed by atoms with Crippen molar-refractivity contribution >= 4 is 0 Å². The number of imidazole rings is 1. The molecule has 0 amide bonds. The molecule has 3 rings (SSSR count). The minimum atomic E-state index is 0.0551. The summed E-state index contributed by atoms with van der Waals surface area (Å²) in [5.41, 5.74) is 4.63. The van der Waals surface area contributed by atoms with Gasteiger partial charge < -0.3 is 4.98 Å². The summed E-state index contributed by atoms with van der Waals surface area (Å²) in [6.07, 6.45) is 9.64. The van der Waals surface area contributed by atoms with E-state index in [1.807, 2.05) is 4.57 Å². The van der Waals surface area contributed by atoms with E-state index in [0.29, 0.717) is 6.04 Å². The first kappa shape index (κ1) is 16.1. The molecule has 1 aliphatic carbocycles. The third kappa shape index (κ3) is 3.44. The maximum Gasteiger partial charge on any atom is 0.326 e. The molecule has 0 aliphatic heterocycles. The summed E-state index contributed by atoms with van der Waals surface area (Å²) >= 11 is 0. The van der Waals surface area contributed by atoms with Crippen LogP contribution in [0.15, 0.2) is 29.1 Å². The molecule has 3 nitrogen and oxygen atoms in total. The Morgan fingerprint density at radius 3 is 2.48 bits per heavy atom. The largest absolute Gasteiger partial charge is 0.326 e. The highest BCUT2D eigenvalue weighted by Crippen LogP contribution is 2.30. The minimum Gasteiger partial charge on any atom is -0.305 e. The molecule has 1 aromatic carbocycles. The average molecular weight is 312 g/mol. The second kappa shape index (κ2) is 7.20. The van der Waals surface area contributed by atoms with Gasteiger partial charge in [-0.3, -0.25) is 4.57 Å². The van der Waals surface area contributed by atoms with Gasteiger partial charge in [-0.2, -0.15) is 0 Å². The number of rotatable bonds is 5. The molecular weight excluding hydrogens is 284 g/mol. The Balaban J connectivity index is 1.87. The van der Waals surface area contributed by atoms with Gasteiger partial charge >= 0.3 is 5.69 Å². The monoisotopic (exact) mass is 312 g/mol. The first-order valence-electron chi connectivity index (χ1n) is 9.11. The molecular formula is C20H28N2O. The van der Waals surface area contributed by atoms with E-state index in [1.165, 1.54) is 37.7 Å². The van der Waals surface area contributed by atoms with Gasteiger partial charge in [0.15, 0.2) is 0 Å². The van der Waals surface area contributed by atoms with Gasteiger partial charge in [-0.1, -0.05) is 56.9 Å². The lowest BCUT2D eigenvalue weighted by Gasteiger charge is -2.23. The Morgan fingerprint density at radius 1 is 1.13 bits per heavy atom. The van der Waals surface area contributed by atoms with Gasteiger partial charge in [0.25, 0.3) is 0 Å². The number of H-pyrrole nitrogens is 1. The highest BCUT2D eigenvalue weighted by molar-refractivity contribution is 5.62. The van der Waals surface area contributed by atoms with E-state index in [4.69, 9.17) is 0 Å². The fourth-order valence-corrected chi connectivity index (χ4v) is 3.81. The van der Waals surface area contributed by atoms with Crippen LogP contribution >= 0.6 is 0 Å². The Bertz CT molecular complexity index is 687. The minimum absolute atomic E-state index is 0.0551. The molecule has 3 heteroatoms. The van der Waals surface area contributed by atoms with Gasteiger partial charge in [0.1, 0.15) is 0 Å². The van der Waals surface area contributed by atoms with Crippen LogP contribution in [-0.4, -0.2) is 9.55 Å². The van der Waals surface area contributed by atoms with E-state index in [1.54, 1.807) is 0 Å². The number of aryl methyl sites for hydroxylation is 1. The van der Waals surface area contributed by atoms with E-state index < -0.39 is 0 Å². The van der Waals surface area contributed by atoms with Gasteiger partial charge in [-0.25, -0.2) is 4.79 Å². The third-order valence-corrected chi connectivity index (χ3v) is 5.18. The van der Waals surface area contributed by atoms with Gasteiger partial charge in [-0.05, 0) is 43.7 Å². The normalized spacial score (nSPS) is 15.9. The molecule has 0 atom stereocenters. The standard InChI is InChI=1S/C20H28N2O/c1-3-4-8-16-11-13-17(14-12-16)19-15(2)22(20(23)21-19)18-9-6-5-7-10-18/h11-14,18H,3-10H2,1-2H3,(H,21,23). The molecule has 124 valence electrons. The zero-order chi connectivity index (χ0) is 16.2. The first-order valence-corrected chi connectivity index (χ1v) is 9.11. The molecule has 1 aromatic heterocycles. The van der Waals surface area contributed by atoms with Gasteiger partial charge in [-0.15, -0.1) is 0 Å². The number of aromatic nitrogens is 2. The molecule has 2 aromatic rings. The van der Waals surface area contributed by atoms with Crippen LogP contribution < -0.4 is 5.69 Å². The zero-order valence-electron chi connectivity index (χ0n) is 14.4. The lowest BCUT2D eigenvalue weighted by Crippen LogP contribution is -2.25. The molecule has 0 spiro atoms. The van der Waals surface area contributed by atoms with Crippen molar-refractivity contribution in [3.8, 4) is 11.3 Å². The second-order valence-corrected chi connectivity index (χ2v) is 6.85. The average Bonchev–Trinajstić information content (AvgIpc) is 2.89. The first-order chi connectivity index (χ1) is 11.2. The van der Waals surface area contributed by atoms with Crippen LogP contribution in [0.4, 0.5) is 0 Å². The summed E-state index contributed by atoms with van der Waals surface area (Å²) in [7, 11) is 0. The van der Waals surface area contributed by atoms with Crippen molar-refractivity contribution in [3.05, 3.63) is 46.0 Å². The fourth-order valence-electron chi connectivity index (χ4n) is 3.81. The summed E-state index contributed by atoms with van der Waals surface area (Å²) in [6.45, 7) is 4.29. The quantitative estimate of drug-likeness (QED) is 0.829. The van der Waals surface area contributed by atoms with Crippen LogP contribution in [0.25, 0.3) is 11.3 Å². The summed E-state index contributed by atoms with van der Waals surface area (Å²) in [4.78, 5) is 15.5. The molecule has 0 saturated heterocycles. The molecule has 23 heavy (non-hydrogen) atoms. The molecule has 1 N–H and O–H groups in total. The number of benzene rings is 1. The summed E-state index contributed by atoms with van der Waals surface area (Å²) < 4.78 is 2.00. The lowest BCUT2D eigenvalue weighted by atomic mass is 9.95. The highest BCUT2D eigenvalue weighted by Gasteiger charge is 2.21. The van der Waals surface area contributed by atoms with Crippen LogP contribution in [-0.2, 0) is 6.42 Å². The smallest absolute Gasteiger partial charge is 0.305 e. The Labute approximate surface area is 138 Å². The molecule has 0 radical (unpaired) electrons. The molecule has 0 bridgehead atoms. The van der Waals surface area contributed by atoms with E-state index in [-0.39, 0.29) is 5.69 Å². The Morgan fingerprint density at radius 2 is 1.83 bits per heavy atom. The number of aromatic amines is 1. The number of nitrogens with one attached hydrogen (secondary N) is 1. The number of hydrogen-bond donors (Lipinski definition) is 1. The van der Waals surface area contributed by atoms with E-state index >= 15 is 0 Å². The van der Waals surface area contributed by atoms with Crippen molar-refractivity contribution in [1.29, 1.82) is 0 Å². The topological polar surface area (TPSA) is 37.8 Å². The van der Waals surface area contributed by atoms with Gasteiger partial charge in [0.2, 0.25) is 0 Å². The summed E-state index contributed by atoms with van der Waals surface area (Å²) in [6, 6.07) is 9.06. The molecule has 1 aliphatic rings. The highest BCUT2D eigenvalue weighted by atomic mass is 16.1. The van der Waals surface area contributed by atoms with Crippen molar-refractivity contribution in [2.24, 2.45) is 0 Å². The summed E-state index contributed by atoms with van der Waals surface area (Å²) in [5, 5.41) is 0. The van der Waals surface area contributed by atoms with Crippen LogP contribution in [0.1, 0.15) is 69.2 Å². The van der Waals surface area contributed by atoms with E-state index in [9.17, 15) is 4.79 Å². The van der Waals surface area contributed by atoms with Crippen LogP contribution in [0.2, 0.25) is 0 Å². The number of hydrogen-bond acceptors (Lipinski definition) is 1. The fraction of sp³-hybridized carbons (Fsp3) is 0.550. The van der Waals surface area contributed by atoms with Crippen molar-refractivity contribution in [2.45, 2.75) is 71.3 Å². The van der Waals surface area contributed by atoms with Gasteiger partial charge in [0.05, 0.1) is 5.69 Å². The second-order valence-electron chi connectivity index (χ2n) is 6.85. The van der Waals surface area contributed by atoms with E-state index in [0.717, 1.165) is 36.2 Å². The van der Waals surface area contributed by atoms with Crippen molar-refractivity contribution in [1.82, 2.24) is 9.55 Å². The van der Waals surface area contributed by atoms with Crippen LogP contribution in [0, 0.1) is 6.92 Å². The Kier molecular flexibility index (Phi) is 5.04. The predicted molar refractivity (Wildman–Crippen MR) is 96.0 cm³/mol. The molecule has 1 saturated carbocycles. The van der Waals surface area contributed by atoms with Crippen molar-refractivity contribution in [3.63, 3.8) is 0 Å². The zero-order valence-corrected chi connectivity index (χ0v) is 14.4. The van der Waals surface area contributed by atoms with Crippen molar-refractivity contribution in [2.75, 3.05) is 0 Å². The van der Waals surface area contributed by atoms with Crippen LogP contribution in [0.3, 0.4) is 0 Å². The SMILES string of the molecule is CCCCc1ccc(-c2[nH]c(=O)n(C3CCCCC3)c2C)cc1. The third-order valence-electron chi connectivity index (χ3n) is 5.18. The van der Waals surface area contributed by atoms with Crippen molar-refractivity contribution < 1.29 is 0 Å².